The SMILES string of the molecule is CCN1CCN(c2cncc(-c3cn(-c4cc(NC(=O)c5ccc(C(C)(C)C)o5)cnc4C)n3C)c2)CC1. The topological polar surface area (TPSA) is 84.4 Å². The van der Waals surface area contributed by atoms with Gasteiger partial charge in [-0.1, -0.05) is 27.7 Å². The fraction of sp³-hybridized carbons (Fsp3) is 0.414. The Labute approximate surface area is 224 Å². The third-order valence-electron chi connectivity index (χ3n) is 7.25. The molecular weight excluding hydrogens is 478 g/mol. The summed E-state index contributed by atoms with van der Waals surface area (Å²) in [6, 6.07) is 7.71. The summed E-state index contributed by atoms with van der Waals surface area (Å²) in [6.45, 7) is 15.6. The van der Waals surface area contributed by atoms with E-state index in [1.807, 2.05) is 43.2 Å². The molecule has 1 aliphatic rings. The van der Waals surface area contributed by atoms with Gasteiger partial charge in [0.05, 0.1) is 47.0 Å². The molecule has 5 rings (SSSR count). The number of nitrogens with zero attached hydrogens (tertiary/aromatic N) is 6. The van der Waals surface area contributed by atoms with Crippen molar-refractivity contribution in [1.29, 1.82) is 0 Å². The average molecular weight is 516 g/mol. The Morgan fingerprint density at radius 3 is 2.50 bits per heavy atom. The first-order valence-corrected chi connectivity index (χ1v) is 13.2. The highest BCUT2D eigenvalue weighted by Crippen LogP contribution is 2.29. The third-order valence-corrected chi connectivity index (χ3v) is 7.25. The average Bonchev–Trinajstić information content (AvgIpc) is 3.41. The van der Waals surface area contributed by atoms with Gasteiger partial charge in [0.2, 0.25) is 0 Å². The van der Waals surface area contributed by atoms with Crippen LogP contribution in [0.25, 0.3) is 16.9 Å². The Hall–Kier alpha value is -3.85. The number of piperazine rings is 1. The van der Waals surface area contributed by atoms with E-state index in [9.17, 15) is 4.79 Å². The lowest BCUT2D eigenvalue weighted by Crippen LogP contribution is -2.46. The Kier molecular flexibility index (Phi) is 6.88. The number of aromatic nitrogens is 4. The van der Waals surface area contributed by atoms with Gasteiger partial charge in [-0.05, 0) is 37.7 Å². The van der Waals surface area contributed by atoms with Crippen LogP contribution in [0.1, 0.15) is 49.7 Å². The zero-order valence-corrected chi connectivity index (χ0v) is 23.2. The molecule has 1 amide bonds. The number of rotatable bonds is 6. The normalized spacial score (nSPS) is 14.7. The summed E-state index contributed by atoms with van der Waals surface area (Å²) in [5.41, 5.74) is 5.49. The van der Waals surface area contributed by atoms with Gasteiger partial charge in [0.25, 0.3) is 5.91 Å². The first-order chi connectivity index (χ1) is 18.1. The van der Waals surface area contributed by atoms with Crippen LogP contribution >= 0.6 is 0 Å². The van der Waals surface area contributed by atoms with Crippen LogP contribution in [0.3, 0.4) is 0 Å². The minimum absolute atomic E-state index is 0.164. The van der Waals surface area contributed by atoms with Gasteiger partial charge in [-0.2, -0.15) is 0 Å². The van der Waals surface area contributed by atoms with Crippen molar-refractivity contribution in [2.24, 2.45) is 7.05 Å². The molecule has 200 valence electrons. The fourth-order valence-electron chi connectivity index (χ4n) is 4.78. The number of hydrogen-bond acceptors (Lipinski definition) is 6. The zero-order chi connectivity index (χ0) is 27.0. The number of aryl methyl sites for hydroxylation is 1. The van der Waals surface area contributed by atoms with E-state index >= 15 is 0 Å². The standard InChI is InChI=1S/C29H37N7O2/c1-7-34-10-12-35(13-11-34)23-14-21(16-30-18-23)25-19-36(33(25)6)24-15-22(17-31-20(24)2)32-28(37)26-8-9-27(38-26)29(3,4)5/h8-9,14-19H,7,10-13H2,1-6H3,(H,32,37). The molecular formula is C29H37N7O2. The molecule has 0 aromatic carbocycles. The zero-order valence-electron chi connectivity index (χ0n) is 23.2. The Morgan fingerprint density at radius 2 is 1.84 bits per heavy atom. The number of amides is 1. The molecule has 0 atom stereocenters. The van der Waals surface area contributed by atoms with Crippen LogP contribution < -0.4 is 10.2 Å². The summed E-state index contributed by atoms with van der Waals surface area (Å²) in [5, 5.41) is 2.92. The highest BCUT2D eigenvalue weighted by atomic mass is 16.4. The van der Waals surface area contributed by atoms with Crippen molar-refractivity contribution in [3.8, 4) is 16.9 Å². The second kappa shape index (κ2) is 10.1. The smallest absolute Gasteiger partial charge is 0.291 e. The number of anilines is 2. The van der Waals surface area contributed by atoms with E-state index in [1.54, 1.807) is 12.3 Å². The number of nitrogens with one attached hydrogen (secondary N) is 1. The van der Waals surface area contributed by atoms with E-state index < -0.39 is 0 Å². The maximum Gasteiger partial charge on any atom is 0.291 e. The van der Waals surface area contributed by atoms with Gasteiger partial charge < -0.3 is 19.5 Å². The molecule has 9 heteroatoms. The molecule has 4 aromatic heterocycles. The van der Waals surface area contributed by atoms with Gasteiger partial charge in [-0.3, -0.25) is 24.1 Å². The maximum absolute atomic E-state index is 12.8. The van der Waals surface area contributed by atoms with Crippen molar-refractivity contribution in [2.45, 2.75) is 40.0 Å². The molecule has 0 saturated carbocycles. The van der Waals surface area contributed by atoms with Crippen molar-refractivity contribution >= 4 is 17.3 Å². The molecule has 0 unspecified atom stereocenters. The summed E-state index contributed by atoms with van der Waals surface area (Å²) in [5.74, 6) is 0.753. The van der Waals surface area contributed by atoms with Gasteiger partial charge in [0, 0.05) is 50.4 Å². The Bertz CT molecular complexity index is 1430. The molecule has 0 bridgehead atoms. The van der Waals surface area contributed by atoms with Crippen LogP contribution in [0.4, 0.5) is 11.4 Å². The first-order valence-electron chi connectivity index (χ1n) is 13.2. The second-order valence-electron chi connectivity index (χ2n) is 10.9. The minimum Gasteiger partial charge on any atom is -0.455 e. The van der Waals surface area contributed by atoms with E-state index in [1.165, 1.54) is 0 Å². The summed E-state index contributed by atoms with van der Waals surface area (Å²) in [6.07, 6.45) is 7.60. The van der Waals surface area contributed by atoms with Crippen LogP contribution in [0.15, 0.2) is 53.5 Å². The second-order valence-corrected chi connectivity index (χ2v) is 10.9. The van der Waals surface area contributed by atoms with Crippen molar-refractivity contribution in [1.82, 2.24) is 24.2 Å². The number of furan rings is 1. The highest BCUT2D eigenvalue weighted by molar-refractivity contribution is 6.02. The van der Waals surface area contributed by atoms with E-state index in [-0.39, 0.29) is 17.1 Å². The number of carbonyl (C=O) groups is 1. The van der Waals surface area contributed by atoms with Crippen molar-refractivity contribution in [3.05, 3.63) is 66.3 Å². The molecule has 1 saturated heterocycles. The lowest BCUT2D eigenvalue weighted by atomic mass is 9.94. The van der Waals surface area contributed by atoms with Gasteiger partial charge in [-0.25, -0.2) is 0 Å². The van der Waals surface area contributed by atoms with Crippen LogP contribution in [-0.4, -0.2) is 62.9 Å². The van der Waals surface area contributed by atoms with E-state index in [0.29, 0.717) is 5.69 Å². The predicted octanol–water partition coefficient (Wildman–Crippen LogP) is 4.87. The van der Waals surface area contributed by atoms with Crippen molar-refractivity contribution in [3.63, 3.8) is 0 Å². The van der Waals surface area contributed by atoms with E-state index in [2.05, 4.69) is 69.7 Å². The maximum atomic E-state index is 12.8. The van der Waals surface area contributed by atoms with E-state index in [4.69, 9.17) is 4.42 Å². The predicted molar refractivity (Wildman–Crippen MR) is 150 cm³/mol. The van der Waals surface area contributed by atoms with E-state index in [0.717, 1.165) is 66.8 Å². The fourth-order valence-corrected chi connectivity index (χ4v) is 4.78. The number of carbonyl (C=O) groups excluding carboxylic acids is 1. The van der Waals surface area contributed by atoms with Crippen LogP contribution in [-0.2, 0) is 12.5 Å². The molecule has 5 heterocycles. The summed E-state index contributed by atoms with van der Waals surface area (Å²) < 4.78 is 9.90. The molecule has 4 aromatic rings. The number of pyridine rings is 2. The minimum atomic E-state index is -0.298. The molecule has 0 aliphatic carbocycles. The Morgan fingerprint density at radius 1 is 1.08 bits per heavy atom. The Balaban J connectivity index is 1.33. The molecule has 0 spiro atoms. The molecule has 1 aliphatic heterocycles. The largest absolute Gasteiger partial charge is 0.455 e. The van der Waals surface area contributed by atoms with Crippen LogP contribution in [0, 0.1) is 6.92 Å². The van der Waals surface area contributed by atoms with Gasteiger partial charge in [0.15, 0.2) is 5.76 Å². The summed E-state index contributed by atoms with van der Waals surface area (Å²) in [4.78, 5) is 26.8. The van der Waals surface area contributed by atoms with Crippen LogP contribution in [0.2, 0.25) is 0 Å². The lowest BCUT2D eigenvalue weighted by Gasteiger charge is -2.35. The van der Waals surface area contributed by atoms with Gasteiger partial charge in [0.1, 0.15) is 5.76 Å². The molecule has 38 heavy (non-hydrogen) atoms. The lowest BCUT2D eigenvalue weighted by molar-refractivity contribution is 0.0993. The van der Waals surface area contributed by atoms with Crippen molar-refractivity contribution < 1.29 is 9.21 Å². The highest BCUT2D eigenvalue weighted by Gasteiger charge is 2.22. The molecule has 1 N–H and O–H groups in total. The quantitative estimate of drug-likeness (QED) is 0.395. The third kappa shape index (κ3) is 5.11. The summed E-state index contributed by atoms with van der Waals surface area (Å²) >= 11 is 0. The monoisotopic (exact) mass is 515 g/mol. The van der Waals surface area contributed by atoms with Crippen molar-refractivity contribution in [2.75, 3.05) is 42.9 Å². The molecule has 1 fully saturated rings. The number of hydrogen-bond donors (Lipinski definition) is 1. The first kappa shape index (κ1) is 25.8. The van der Waals surface area contributed by atoms with Crippen LogP contribution in [0.5, 0.6) is 0 Å². The molecule has 0 radical (unpaired) electrons. The van der Waals surface area contributed by atoms with Gasteiger partial charge in [-0.15, -0.1) is 0 Å². The summed E-state index contributed by atoms with van der Waals surface area (Å²) in [7, 11) is 2.02. The van der Waals surface area contributed by atoms with Gasteiger partial charge >= 0.3 is 0 Å². The molecule has 9 nitrogen and oxygen atoms in total. The number of likely N-dealkylation sites (N-methyl/N-ethyl adjacent to an activating group) is 1.